The summed E-state index contributed by atoms with van der Waals surface area (Å²) in [5.74, 6) is 1.83. The molecule has 0 radical (unpaired) electrons. The van der Waals surface area contributed by atoms with Gasteiger partial charge in [-0.1, -0.05) is 23.9 Å². The molecule has 1 aliphatic heterocycles. The molecule has 0 N–H and O–H groups in total. The molecule has 0 aromatic heterocycles. The fourth-order valence-corrected chi connectivity index (χ4v) is 3.49. The number of fused-ring (bicyclic) bond motifs is 1. The third-order valence-electron chi connectivity index (χ3n) is 3.60. The molecule has 0 atom stereocenters. The summed E-state index contributed by atoms with van der Waals surface area (Å²) < 4.78 is 16.0. The number of methoxy groups -OCH3 is 3. The largest absolute Gasteiger partial charge is 0.496 e. The maximum absolute atomic E-state index is 12.5. The number of Topliss-reactive ketones (excluding diaryl/α,β-unsaturated/α-hetero) is 1. The molecule has 23 heavy (non-hydrogen) atoms. The molecule has 118 valence electrons. The molecule has 0 amide bonds. The second kappa shape index (κ2) is 6.38. The fraction of sp³-hybridized carbons (Fsp3) is 0.167. The number of rotatable bonds is 4. The Hall–Kier alpha value is -2.40. The van der Waals surface area contributed by atoms with Crippen molar-refractivity contribution in [3.05, 3.63) is 52.4 Å². The summed E-state index contributed by atoms with van der Waals surface area (Å²) >= 11 is 1.47. The van der Waals surface area contributed by atoms with Gasteiger partial charge in [0, 0.05) is 22.1 Å². The molecule has 0 bridgehead atoms. The summed E-state index contributed by atoms with van der Waals surface area (Å²) in [6.07, 6.45) is 1.83. The Labute approximate surface area is 139 Å². The van der Waals surface area contributed by atoms with Crippen LogP contribution < -0.4 is 14.2 Å². The number of allylic oxidation sites excluding steroid dienone is 1. The maximum atomic E-state index is 12.5. The average molecular weight is 328 g/mol. The third kappa shape index (κ3) is 2.80. The van der Waals surface area contributed by atoms with E-state index in [-0.39, 0.29) is 5.78 Å². The van der Waals surface area contributed by atoms with Crippen molar-refractivity contribution in [1.29, 1.82) is 0 Å². The molecule has 2 aromatic rings. The van der Waals surface area contributed by atoms with E-state index in [0.717, 1.165) is 16.0 Å². The predicted octanol–water partition coefficient (Wildman–Crippen LogP) is 4.04. The van der Waals surface area contributed by atoms with E-state index in [9.17, 15) is 4.79 Å². The van der Waals surface area contributed by atoms with Crippen molar-refractivity contribution in [3.8, 4) is 17.2 Å². The van der Waals surface area contributed by atoms with Crippen molar-refractivity contribution in [1.82, 2.24) is 0 Å². The number of benzene rings is 2. The van der Waals surface area contributed by atoms with Crippen LogP contribution in [-0.2, 0) is 0 Å². The normalized spacial score (nSPS) is 14.7. The van der Waals surface area contributed by atoms with E-state index in [2.05, 4.69) is 0 Å². The van der Waals surface area contributed by atoms with Gasteiger partial charge in [0.25, 0.3) is 0 Å². The minimum atomic E-state index is 0.0300. The van der Waals surface area contributed by atoms with Crippen molar-refractivity contribution in [2.75, 3.05) is 21.3 Å². The van der Waals surface area contributed by atoms with Gasteiger partial charge in [-0.25, -0.2) is 0 Å². The van der Waals surface area contributed by atoms with Gasteiger partial charge in [0.15, 0.2) is 11.5 Å². The van der Waals surface area contributed by atoms with E-state index in [1.54, 1.807) is 27.4 Å². The number of hydrogen-bond donors (Lipinski definition) is 0. The van der Waals surface area contributed by atoms with Gasteiger partial charge in [-0.2, -0.15) is 0 Å². The predicted molar refractivity (Wildman–Crippen MR) is 90.7 cm³/mol. The minimum Gasteiger partial charge on any atom is -0.496 e. The van der Waals surface area contributed by atoms with Crippen molar-refractivity contribution < 1.29 is 19.0 Å². The summed E-state index contributed by atoms with van der Waals surface area (Å²) in [5, 5.41) is 0. The highest BCUT2D eigenvalue weighted by atomic mass is 32.2. The van der Waals surface area contributed by atoms with Crippen LogP contribution in [0.25, 0.3) is 6.08 Å². The van der Waals surface area contributed by atoms with Crippen LogP contribution in [0.15, 0.2) is 46.2 Å². The third-order valence-corrected chi connectivity index (χ3v) is 4.70. The second-order valence-corrected chi connectivity index (χ2v) is 5.97. The van der Waals surface area contributed by atoms with Crippen LogP contribution in [-0.4, -0.2) is 27.1 Å². The van der Waals surface area contributed by atoms with Crippen LogP contribution in [0, 0.1) is 0 Å². The molecule has 4 nitrogen and oxygen atoms in total. The van der Waals surface area contributed by atoms with Crippen molar-refractivity contribution >= 4 is 23.6 Å². The Bertz CT molecular complexity index is 796. The lowest BCUT2D eigenvalue weighted by Gasteiger charge is -2.12. The molecular formula is C18H16O4S. The van der Waals surface area contributed by atoms with Crippen LogP contribution >= 0.6 is 11.8 Å². The van der Waals surface area contributed by atoms with Gasteiger partial charge in [0.1, 0.15) is 5.75 Å². The molecule has 0 saturated heterocycles. The smallest absolute Gasteiger partial charge is 0.200 e. The zero-order valence-electron chi connectivity index (χ0n) is 13.1. The van der Waals surface area contributed by atoms with E-state index in [1.807, 2.05) is 36.4 Å². The highest BCUT2D eigenvalue weighted by molar-refractivity contribution is 8.04. The average Bonchev–Trinajstić information content (AvgIpc) is 2.90. The van der Waals surface area contributed by atoms with E-state index in [0.29, 0.717) is 22.2 Å². The molecule has 1 aliphatic rings. The number of carbonyl (C=O) groups excluding carboxylic acids is 1. The molecule has 0 saturated carbocycles. The van der Waals surface area contributed by atoms with Gasteiger partial charge >= 0.3 is 0 Å². The minimum absolute atomic E-state index is 0.0300. The summed E-state index contributed by atoms with van der Waals surface area (Å²) in [6, 6.07) is 11.2. The highest BCUT2D eigenvalue weighted by Crippen LogP contribution is 2.42. The lowest BCUT2D eigenvalue weighted by atomic mass is 10.1. The Kier molecular flexibility index (Phi) is 4.30. The molecular weight excluding hydrogens is 312 g/mol. The van der Waals surface area contributed by atoms with Crippen LogP contribution in [0.5, 0.6) is 17.2 Å². The van der Waals surface area contributed by atoms with Gasteiger partial charge in [-0.15, -0.1) is 0 Å². The second-order valence-electron chi connectivity index (χ2n) is 4.89. The fourth-order valence-electron chi connectivity index (χ4n) is 2.44. The maximum Gasteiger partial charge on any atom is 0.200 e. The van der Waals surface area contributed by atoms with Crippen LogP contribution in [0.2, 0.25) is 0 Å². The van der Waals surface area contributed by atoms with Crippen molar-refractivity contribution in [2.24, 2.45) is 0 Å². The Balaban J connectivity index is 2.05. The summed E-state index contributed by atoms with van der Waals surface area (Å²) in [6.45, 7) is 0. The molecule has 3 rings (SSSR count). The lowest BCUT2D eigenvalue weighted by molar-refractivity contribution is 0.104. The standard InChI is InChI=1S/C18H16O4S/c1-20-13-10-15(22-3)14(21-2)8-11(13)9-17-18(19)12-6-4-5-7-16(12)23-17/h4-10H,1-3H3/b17-9-. The van der Waals surface area contributed by atoms with Gasteiger partial charge in [-0.05, 0) is 24.3 Å². The molecule has 0 aliphatic carbocycles. The van der Waals surface area contributed by atoms with E-state index < -0.39 is 0 Å². The van der Waals surface area contributed by atoms with Gasteiger partial charge < -0.3 is 14.2 Å². The number of thioether (sulfide) groups is 1. The Morgan fingerprint density at radius 3 is 2.22 bits per heavy atom. The molecule has 0 spiro atoms. The van der Waals surface area contributed by atoms with Crippen molar-refractivity contribution in [3.63, 3.8) is 0 Å². The topological polar surface area (TPSA) is 44.8 Å². The van der Waals surface area contributed by atoms with Crippen LogP contribution in [0.1, 0.15) is 15.9 Å². The number of hydrogen-bond acceptors (Lipinski definition) is 5. The first-order chi connectivity index (χ1) is 11.2. The van der Waals surface area contributed by atoms with Crippen LogP contribution in [0.3, 0.4) is 0 Å². The van der Waals surface area contributed by atoms with E-state index in [1.165, 1.54) is 11.8 Å². The van der Waals surface area contributed by atoms with E-state index in [4.69, 9.17) is 14.2 Å². The van der Waals surface area contributed by atoms with Gasteiger partial charge in [0.2, 0.25) is 5.78 Å². The molecule has 2 aromatic carbocycles. The Morgan fingerprint density at radius 2 is 1.57 bits per heavy atom. The summed E-state index contributed by atoms with van der Waals surface area (Å²) in [5.41, 5.74) is 1.51. The number of ketones is 1. The number of ether oxygens (including phenoxy) is 3. The lowest BCUT2D eigenvalue weighted by Crippen LogP contribution is -1.96. The molecule has 0 fully saturated rings. The summed E-state index contributed by atoms with van der Waals surface area (Å²) in [4.78, 5) is 14.1. The molecule has 1 heterocycles. The molecule has 5 heteroatoms. The van der Waals surface area contributed by atoms with Gasteiger partial charge in [0.05, 0.1) is 26.2 Å². The Morgan fingerprint density at radius 1 is 0.913 bits per heavy atom. The van der Waals surface area contributed by atoms with E-state index >= 15 is 0 Å². The zero-order chi connectivity index (χ0) is 16.4. The quantitative estimate of drug-likeness (QED) is 0.793. The number of carbonyl (C=O) groups is 1. The zero-order valence-corrected chi connectivity index (χ0v) is 13.9. The SMILES string of the molecule is COc1cc(OC)c(OC)cc1/C=C1\Sc2ccccc2C1=O. The first-order valence-electron chi connectivity index (χ1n) is 7.01. The van der Waals surface area contributed by atoms with Crippen molar-refractivity contribution in [2.45, 2.75) is 4.90 Å². The highest BCUT2D eigenvalue weighted by Gasteiger charge is 2.25. The van der Waals surface area contributed by atoms with Crippen LogP contribution in [0.4, 0.5) is 0 Å². The first kappa shape index (κ1) is 15.5. The first-order valence-corrected chi connectivity index (χ1v) is 7.83. The molecule has 0 unspecified atom stereocenters. The summed E-state index contributed by atoms with van der Waals surface area (Å²) in [7, 11) is 4.73. The van der Waals surface area contributed by atoms with Gasteiger partial charge in [-0.3, -0.25) is 4.79 Å². The monoisotopic (exact) mass is 328 g/mol.